The topological polar surface area (TPSA) is 47.7 Å². The molecule has 1 saturated heterocycles. The molecule has 0 spiro atoms. The quantitative estimate of drug-likeness (QED) is 0.632. The summed E-state index contributed by atoms with van der Waals surface area (Å²) in [5.74, 6) is 0.557. The number of carbonyl (C=O) groups excluding carboxylic acids is 1. The molecule has 0 saturated carbocycles. The Kier molecular flexibility index (Phi) is 6.11. The number of amides is 1. The van der Waals surface area contributed by atoms with Crippen LogP contribution in [0.4, 0.5) is 5.69 Å². The molecule has 1 fully saturated rings. The first-order chi connectivity index (χ1) is 14.6. The molecule has 0 radical (unpaired) electrons. The maximum absolute atomic E-state index is 13.6. The Morgan fingerprint density at radius 2 is 2.00 bits per heavy atom. The summed E-state index contributed by atoms with van der Waals surface area (Å²) in [5, 5.41) is 3.56. The molecule has 1 aromatic heterocycles. The second-order valence-corrected chi connectivity index (χ2v) is 8.15. The van der Waals surface area contributed by atoms with Crippen molar-refractivity contribution in [1.82, 2.24) is 4.57 Å². The Morgan fingerprint density at radius 3 is 2.67 bits per heavy atom. The summed E-state index contributed by atoms with van der Waals surface area (Å²) in [7, 11) is 3.65. The van der Waals surface area contributed by atoms with Crippen LogP contribution in [0.25, 0.3) is 0 Å². The fraction of sp³-hybridized carbons (Fsp3) is 0.292. The standard InChI is InChI=1S/C24H26ClN3O2/c1-27-14-6-10-20(27)21-11-7-15-28(21)23(17-8-4-3-5-9-17)24(29)26-18-12-13-22(30-2)19(25)16-18/h3-6,8-10,12-14,16,21,23H,7,11,15H2,1-2H3,(H,26,29)/p+1/t21-,23+/m1/s1. The largest absolute Gasteiger partial charge is 0.495 e. The van der Waals surface area contributed by atoms with Gasteiger partial charge in [0.25, 0.3) is 5.91 Å². The summed E-state index contributed by atoms with van der Waals surface area (Å²) in [6.07, 6.45) is 4.23. The fourth-order valence-electron chi connectivity index (χ4n) is 4.53. The van der Waals surface area contributed by atoms with Gasteiger partial charge >= 0.3 is 0 Å². The Labute approximate surface area is 182 Å². The molecule has 1 unspecified atom stereocenters. The number of rotatable bonds is 6. The predicted octanol–water partition coefficient (Wildman–Crippen LogP) is 3.79. The fourth-order valence-corrected chi connectivity index (χ4v) is 4.79. The molecule has 30 heavy (non-hydrogen) atoms. The van der Waals surface area contributed by atoms with E-state index in [1.54, 1.807) is 19.2 Å². The average Bonchev–Trinajstić information content (AvgIpc) is 3.38. The third kappa shape index (κ3) is 4.09. The minimum absolute atomic E-state index is 0.0291. The predicted molar refractivity (Wildman–Crippen MR) is 119 cm³/mol. The van der Waals surface area contributed by atoms with Gasteiger partial charge in [-0.25, -0.2) is 0 Å². The van der Waals surface area contributed by atoms with Crippen molar-refractivity contribution in [2.75, 3.05) is 19.0 Å². The summed E-state index contributed by atoms with van der Waals surface area (Å²) in [6, 6.07) is 19.6. The van der Waals surface area contributed by atoms with Gasteiger partial charge < -0.3 is 19.5 Å². The number of aryl methyl sites for hydroxylation is 1. The number of anilines is 1. The number of quaternary nitrogens is 1. The van der Waals surface area contributed by atoms with Crippen molar-refractivity contribution in [3.8, 4) is 5.75 Å². The number of hydrogen-bond donors (Lipinski definition) is 2. The zero-order valence-electron chi connectivity index (χ0n) is 17.3. The van der Waals surface area contributed by atoms with E-state index in [0.29, 0.717) is 16.5 Å². The van der Waals surface area contributed by atoms with E-state index in [1.165, 1.54) is 10.6 Å². The van der Waals surface area contributed by atoms with Crippen molar-refractivity contribution >= 4 is 23.2 Å². The molecule has 0 bridgehead atoms. The first-order valence-electron chi connectivity index (χ1n) is 10.2. The maximum Gasteiger partial charge on any atom is 0.287 e. The molecular formula is C24H27ClN3O2+. The number of likely N-dealkylation sites (tertiary alicyclic amines) is 1. The van der Waals surface area contributed by atoms with Crippen molar-refractivity contribution < 1.29 is 14.4 Å². The van der Waals surface area contributed by atoms with E-state index in [9.17, 15) is 4.79 Å². The zero-order valence-corrected chi connectivity index (χ0v) is 18.0. The molecule has 2 N–H and O–H groups in total. The molecule has 0 aliphatic carbocycles. The summed E-state index contributed by atoms with van der Waals surface area (Å²) < 4.78 is 7.38. The smallest absolute Gasteiger partial charge is 0.287 e. The highest BCUT2D eigenvalue weighted by molar-refractivity contribution is 6.32. The van der Waals surface area contributed by atoms with Crippen LogP contribution >= 0.6 is 11.6 Å². The molecule has 3 aromatic rings. The van der Waals surface area contributed by atoms with Crippen LogP contribution < -0.4 is 15.0 Å². The molecule has 1 aliphatic rings. The monoisotopic (exact) mass is 424 g/mol. The lowest BCUT2D eigenvalue weighted by Crippen LogP contribution is -3.11. The second-order valence-electron chi connectivity index (χ2n) is 7.75. The third-order valence-corrected chi connectivity index (χ3v) is 6.23. The lowest BCUT2D eigenvalue weighted by Gasteiger charge is -2.30. The molecule has 1 amide bonds. The highest BCUT2D eigenvalue weighted by Crippen LogP contribution is 2.28. The van der Waals surface area contributed by atoms with Gasteiger partial charge in [-0.2, -0.15) is 0 Å². The van der Waals surface area contributed by atoms with Crippen LogP contribution in [0, 0.1) is 0 Å². The van der Waals surface area contributed by atoms with Crippen molar-refractivity contribution in [3.63, 3.8) is 0 Å². The Balaban J connectivity index is 1.66. The zero-order chi connectivity index (χ0) is 21.1. The molecular weight excluding hydrogens is 398 g/mol. The van der Waals surface area contributed by atoms with E-state index in [2.05, 4.69) is 35.3 Å². The number of halogens is 1. The van der Waals surface area contributed by atoms with E-state index < -0.39 is 0 Å². The van der Waals surface area contributed by atoms with Gasteiger partial charge in [0.05, 0.1) is 24.4 Å². The minimum Gasteiger partial charge on any atom is -0.495 e. The van der Waals surface area contributed by atoms with E-state index in [4.69, 9.17) is 16.3 Å². The number of aromatic nitrogens is 1. The van der Waals surface area contributed by atoms with Gasteiger partial charge in [-0.1, -0.05) is 41.9 Å². The SMILES string of the molecule is COc1ccc(NC(=O)[C@H](c2ccccc2)[NH+]2CCC[C@@H]2c2cccn2C)cc1Cl. The van der Waals surface area contributed by atoms with Gasteiger partial charge in [-0.05, 0) is 30.3 Å². The number of nitrogens with one attached hydrogen (secondary N) is 2. The molecule has 3 atom stereocenters. The van der Waals surface area contributed by atoms with E-state index in [-0.39, 0.29) is 18.0 Å². The highest BCUT2D eigenvalue weighted by Gasteiger charge is 2.41. The third-order valence-electron chi connectivity index (χ3n) is 5.93. The van der Waals surface area contributed by atoms with Gasteiger partial charge in [0.15, 0.2) is 6.04 Å². The number of ether oxygens (including phenoxy) is 1. The maximum atomic E-state index is 13.6. The minimum atomic E-state index is -0.311. The summed E-state index contributed by atoms with van der Waals surface area (Å²) in [4.78, 5) is 14.8. The van der Waals surface area contributed by atoms with Crippen LogP contribution in [0.5, 0.6) is 5.75 Å². The van der Waals surface area contributed by atoms with Crippen LogP contribution in [-0.4, -0.2) is 24.1 Å². The van der Waals surface area contributed by atoms with Crippen LogP contribution in [0.1, 0.15) is 36.2 Å². The lowest BCUT2D eigenvalue weighted by molar-refractivity contribution is -0.940. The molecule has 1 aliphatic heterocycles. The van der Waals surface area contributed by atoms with E-state index >= 15 is 0 Å². The van der Waals surface area contributed by atoms with Crippen molar-refractivity contribution in [1.29, 1.82) is 0 Å². The van der Waals surface area contributed by atoms with Gasteiger partial charge in [-0.15, -0.1) is 0 Å². The number of methoxy groups -OCH3 is 1. The normalized spacial score (nSPS) is 19.4. The van der Waals surface area contributed by atoms with Crippen molar-refractivity contribution in [2.24, 2.45) is 7.05 Å². The van der Waals surface area contributed by atoms with Crippen LogP contribution in [0.3, 0.4) is 0 Å². The average molecular weight is 425 g/mol. The molecule has 2 aromatic carbocycles. The number of nitrogens with zero attached hydrogens (tertiary/aromatic N) is 1. The van der Waals surface area contributed by atoms with Gasteiger partial charge in [0, 0.05) is 37.3 Å². The molecule has 5 nitrogen and oxygen atoms in total. The van der Waals surface area contributed by atoms with E-state index in [1.807, 2.05) is 36.4 Å². The first kappa shape index (κ1) is 20.5. The van der Waals surface area contributed by atoms with Crippen molar-refractivity contribution in [2.45, 2.75) is 24.9 Å². The molecule has 4 rings (SSSR count). The molecule has 156 valence electrons. The number of hydrogen-bond acceptors (Lipinski definition) is 2. The van der Waals surface area contributed by atoms with Crippen LogP contribution in [0.15, 0.2) is 66.9 Å². The number of benzene rings is 2. The highest BCUT2D eigenvalue weighted by atomic mass is 35.5. The van der Waals surface area contributed by atoms with Crippen molar-refractivity contribution in [3.05, 3.63) is 83.1 Å². The van der Waals surface area contributed by atoms with Gasteiger partial charge in [0.2, 0.25) is 0 Å². The van der Waals surface area contributed by atoms with Crippen LogP contribution in [-0.2, 0) is 11.8 Å². The molecule has 2 heterocycles. The molecule has 6 heteroatoms. The van der Waals surface area contributed by atoms with Crippen LogP contribution in [0.2, 0.25) is 5.02 Å². The van der Waals surface area contributed by atoms with Gasteiger partial charge in [0.1, 0.15) is 11.8 Å². The Bertz CT molecular complexity index is 1020. The Morgan fingerprint density at radius 1 is 1.20 bits per heavy atom. The Hall–Kier alpha value is -2.76. The summed E-state index contributed by atoms with van der Waals surface area (Å²) in [6.45, 7) is 0.951. The lowest BCUT2D eigenvalue weighted by atomic mass is 10.0. The second kappa shape index (κ2) is 8.94. The van der Waals surface area contributed by atoms with Gasteiger partial charge in [-0.3, -0.25) is 4.79 Å². The summed E-state index contributed by atoms with van der Waals surface area (Å²) in [5.41, 5.74) is 2.95. The first-order valence-corrected chi connectivity index (χ1v) is 10.6. The summed E-state index contributed by atoms with van der Waals surface area (Å²) >= 11 is 6.26. The van der Waals surface area contributed by atoms with E-state index in [0.717, 1.165) is 24.9 Å². The number of carbonyl (C=O) groups is 1.